The van der Waals surface area contributed by atoms with Crippen LogP contribution in [0.4, 0.5) is 4.79 Å². The van der Waals surface area contributed by atoms with Gasteiger partial charge in [-0.05, 0) is 26.8 Å². The number of amides is 1. The molecule has 0 bridgehead atoms. The van der Waals surface area contributed by atoms with Gasteiger partial charge in [-0.15, -0.1) is 0 Å². The minimum atomic E-state index is -0.725. The lowest BCUT2D eigenvalue weighted by Gasteiger charge is -2.22. The summed E-state index contributed by atoms with van der Waals surface area (Å²) in [5, 5.41) is 0. The van der Waals surface area contributed by atoms with Crippen LogP contribution in [0.2, 0.25) is 0 Å². The number of para-hydroxylation sites is 1. The van der Waals surface area contributed by atoms with E-state index in [2.05, 4.69) is 4.74 Å². The fraction of sp³-hybridized carbons (Fsp3) is 0.500. The zero-order valence-electron chi connectivity index (χ0n) is 11.7. The summed E-state index contributed by atoms with van der Waals surface area (Å²) in [6.07, 6.45) is 0.203. The van der Waals surface area contributed by atoms with E-state index in [0.717, 1.165) is 24.3 Å². The highest BCUT2D eigenvalue weighted by molar-refractivity contribution is 5.65. The maximum Gasteiger partial charge on any atom is 0.405 e. The Morgan fingerprint density at radius 1 is 1.37 bits per heavy atom. The molecule has 1 aromatic carbocycles. The number of carbonyl (C=O) groups excluding carboxylic acids is 1. The first-order valence-corrected chi connectivity index (χ1v) is 6.25. The predicted molar refractivity (Wildman–Crippen MR) is 73.9 cm³/mol. The minimum Gasteiger partial charge on any atom is -0.493 e. The molecule has 1 aromatic rings. The van der Waals surface area contributed by atoms with Crippen LogP contribution < -0.4 is 16.2 Å². The van der Waals surface area contributed by atoms with E-state index < -0.39 is 11.7 Å². The van der Waals surface area contributed by atoms with Crippen molar-refractivity contribution in [3.63, 3.8) is 0 Å². The van der Waals surface area contributed by atoms with Gasteiger partial charge in [-0.25, -0.2) is 4.79 Å². The van der Waals surface area contributed by atoms with Gasteiger partial charge in [0.25, 0.3) is 0 Å². The largest absolute Gasteiger partial charge is 0.493 e. The average Bonchev–Trinajstić information content (AvgIpc) is 2.27. The van der Waals surface area contributed by atoms with Crippen molar-refractivity contribution in [1.82, 2.24) is 0 Å². The van der Waals surface area contributed by atoms with Gasteiger partial charge in [0.1, 0.15) is 11.4 Å². The lowest BCUT2D eigenvalue weighted by Crippen LogP contribution is -2.27. The number of rotatable bonds is 0. The SMILES string of the molecule is CC(C)(C)OC(N)=O.NC1CCOc2ccccc21. The van der Waals surface area contributed by atoms with Crippen molar-refractivity contribution >= 4 is 6.09 Å². The van der Waals surface area contributed by atoms with E-state index in [1.807, 2.05) is 24.3 Å². The van der Waals surface area contributed by atoms with Crippen LogP contribution in [0.25, 0.3) is 0 Å². The number of benzene rings is 1. The van der Waals surface area contributed by atoms with Crippen LogP contribution in [0.3, 0.4) is 0 Å². The van der Waals surface area contributed by atoms with Crippen LogP contribution in [0.5, 0.6) is 5.75 Å². The number of primary amides is 1. The van der Waals surface area contributed by atoms with Crippen LogP contribution in [-0.2, 0) is 4.74 Å². The molecule has 1 heterocycles. The molecule has 0 saturated heterocycles. The van der Waals surface area contributed by atoms with E-state index in [9.17, 15) is 4.79 Å². The molecule has 106 valence electrons. The first-order valence-electron chi connectivity index (χ1n) is 6.25. The quantitative estimate of drug-likeness (QED) is 0.754. The van der Waals surface area contributed by atoms with Gasteiger partial charge in [-0.2, -0.15) is 0 Å². The lowest BCUT2D eigenvalue weighted by molar-refractivity contribution is 0.0600. The zero-order valence-corrected chi connectivity index (χ0v) is 11.7. The molecule has 0 aromatic heterocycles. The zero-order chi connectivity index (χ0) is 14.5. The molecule has 1 atom stereocenters. The van der Waals surface area contributed by atoms with Gasteiger partial charge in [-0.3, -0.25) is 0 Å². The Balaban J connectivity index is 0.000000203. The second-order valence-corrected chi connectivity index (χ2v) is 5.31. The maximum atomic E-state index is 10.0. The Hall–Kier alpha value is -1.75. The van der Waals surface area contributed by atoms with Gasteiger partial charge in [0, 0.05) is 18.0 Å². The highest BCUT2D eigenvalue weighted by Crippen LogP contribution is 2.29. The Labute approximate surface area is 113 Å². The van der Waals surface area contributed by atoms with E-state index in [-0.39, 0.29) is 6.04 Å². The van der Waals surface area contributed by atoms with Gasteiger partial charge < -0.3 is 20.9 Å². The molecule has 19 heavy (non-hydrogen) atoms. The first-order chi connectivity index (χ1) is 8.79. The molecule has 1 amide bonds. The molecular formula is C14H22N2O3. The van der Waals surface area contributed by atoms with Crippen molar-refractivity contribution in [3.8, 4) is 5.75 Å². The molecule has 1 aliphatic heterocycles. The fourth-order valence-corrected chi connectivity index (χ4v) is 1.67. The molecule has 0 saturated carbocycles. The number of fused-ring (bicyclic) bond motifs is 1. The summed E-state index contributed by atoms with van der Waals surface area (Å²) in [4.78, 5) is 10.0. The van der Waals surface area contributed by atoms with Gasteiger partial charge in [-0.1, -0.05) is 18.2 Å². The molecule has 0 fully saturated rings. The van der Waals surface area contributed by atoms with Gasteiger partial charge >= 0.3 is 6.09 Å². The monoisotopic (exact) mass is 266 g/mol. The van der Waals surface area contributed by atoms with E-state index in [1.54, 1.807) is 20.8 Å². The molecule has 0 radical (unpaired) electrons. The molecular weight excluding hydrogens is 244 g/mol. The van der Waals surface area contributed by atoms with E-state index in [0.29, 0.717) is 0 Å². The molecule has 0 spiro atoms. The summed E-state index contributed by atoms with van der Waals surface area (Å²) >= 11 is 0. The Morgan fingerprint density at radius 3 is 2.47 bits per heavy atom. The summed E-state index contributed by atoms with van der Waals surface area (Å²) in [6.45, 7) is 6.03. The van der Waals surface area contributed by atoms with Crippen LogP contribution in [0.1, 0.15) is 38.8 Å². The van der Waals surface area contributed by atoms with Crippen molar-refractivity contribution in [2.75, 3.05) is 6.61 Å². The van der Waals surface area contributed by atoms with Crippen molar-refractivity contribution in [1.29, 1.82) is 0 Å². The molecule has 5 heteroatoms. The highest BCUT2D eigenvalue weighted by atomic mass is 16.6. The third-order valence-electron chi connectivity index (χ3n) is 2.41. The second-order valence-electron chi connectivity index (χ2n) is 5.31. The lowest BCUT2D eigenvalue weighted by atomic mass is 10.0. The average molecular weight is 266 g/mol. The summed E-state index contributed by atoms with van der Waals surface area (Å²) in [5.41, 5.74) is 11.3. The third-order valence-corrected chi connectivity index (χ3v) is 2.41. The standard InChI is InChI=1S/C9H11NO.C5H11NO2/c10-8-5-6-11-9-4-2-1-3-7(8)9;1-5(2,3)8-4(6)7/h1-4,8H,5-6,10H2;1-3H3,(H2,6,7). The Morgan fingerprint density at radius 2 is 2.00 bits per heavy atom. The summed E-state index contributed by atoms with van der Waals surface area (Å²) in [6, 6.07) is 8.12. The van der Waals surface area contributed by atoms with Crippen LogP contribution in [-0.4, -0.2) is 18.3 Å². The smallest absolute Gasteiger partial charge is 0.405 e. The van der Waals surface area contributed by atoms with Gasteiger partial charge in [0.15, 0.2) is 0 Å². The first kappa shape index (κ1) is 15.3. The molecule has 4 N–H and O–H groups in total. The van der Waals surface area contributed by atoms with Crippen LogP contribution in [0, 0.1) is 0 Å². The number of carbonyl (C=O) groups is 1. The van der Waals surface area contributed by atoms with Crippen molar-refractivity contribution < 1.29 is 14.3 Å². The Kier molecular flexibility index (Phi) is 5.18. The van der Waals surface area contributed by atoms with E-state index >= 15 is 0 Å². The topological polar surface area (TPSA) is 87.6 Å². The third kappa shape index (κ3) is 5.61. The highest BCUT2D eigenvalue weighted by Gasteiger charge is 2.16. The van der Waals surface area contributed by atoms with Crippen molar-refractivity contribution in [3.05, 3.63) is 29.8 Å². The Bertz CT molecular complexity index is 427. The number of hydrogen-bond acceptors (Lipinski definition) is 4. The predicted octanol–water partition coefficient (Wildman–Crippen LogP) is 2.35. The molecule has 2 rings (SSSR count). The summed E-state index contributed by atoms with van der Waals surface area (Å²) in [5.74, 6) is 0.950. The molecule has 1 unspecified atom stereocenters. The molecule has 0 aliphatic carbocycles. The molecule has 5 nitrogen and oxygen atoms in total. The summed E-state index contributed by atoms with van der Waals surface area (Å²) in [7, 11) is 0. The fourth-order valence-electron chi connectivity index (χ4n) is 1.67. The normalized spacial score (nSPS) is 17.4. The van der Waals surface area contributed by atoms with E-state index in [4.69, 9.17) is 16.2 Å². The second kappa shape index (κ2) is 6.43. The van der Waals surface area contributed by atoms with Gasteiger partial charge in [0.2, 0.25) is 0 Å². The van der Waals surface area contributed by atoms with Crippen LogP contribution >= 0.6 is 0 Å². The van der Waals surface area contributed by atoms with Crippen molar-refractivity contribution in [2.24, 2.45) is 11.5 Å². The number of ether oxygens (including phenoxy) is 2. The molecule has 1 aliphatic rings. The summed E-state index contributed by atoms with van der Waals surface area (Å²) < 4.78 is 9.99. The number of hydrogen-bond donors (Lipinski definition) is 2. The number of nitrogens with two attached hydrogens (primary N) is 2. The van der Waals surface area contributed by atoms with Crippen LogP contribution in [0.15, 0.2) is 24.3 Å². The maximum absolute atomic E-state index is 10.0. The van der Waals surface area contributed by atoms with E-state index in [1.165, 1.54) is 0 Å². The van der Waals surface area contributed by atoms with Crippen molar-refractivity contribution in [2.45, 2.75) is 38.8 Å². The minimum absolute atomic E-state index is 0.167. The van der Waals surface area contributed by atoms with Gasteiger partial charge in [0.05, 0.1) is 6.61 Å².